The predicted molar refractivity (Wildman–Crippen MR) is 122 cm³/mol. The van der Waals surface area contributed by atoms with E-state index in [1.54, 1.807) is 24.4 Å². The van der Waals surface area contributed by atoms with E-state index < -0.39 is 17.3 Å². The highest BCUT2D eigenvalue weighted by molar-refractivity contribution is 6.08. The lowest BCUT2D eigenvalue weighted by molar-refractivity contribution is 0.102. The summed E-state index contributed by atoms with van der Waals surface area (Å²) >= 11 is 0. The van der Waals surface area contributed by atoms with Crippen LogP contribution in [0.5, 0.6) is 0 Å². The molecule has 0 unspecified atom stereocenters. The Kier molecular flexibility index (Phi) is 5.63. The SMILES string of the molecule is Cc1ccc(F)c(-c2ccnc(N3CCOCC3)c2NC(=O)c2cnc(C3CC3)[nH]c2=O)c1. The number of aromatic nitrogens is 3. The van der Waals surface area contributed by atoms with Crippen molar-refractivity contribution < 1.29 is 13.9 Å². The van der Waals surface area contributed by atoms with E-state index in [4.69, 9.17) is 4.74 Å². The van der Waals surface area contributed by atoms with Gasteiger partial charge in [-0.05, 0) is 38.0 Å². The average Bonchev–Trinajstić information content (AvgIpc) is 3.67. The normalized spacial score (nSPS) is 16.0. The van der Waals surface area contributed by atoms with E-state index in [1.165, 1.54) is 12.3 Å². The summed E-state index contributed by atoms with van der Waals surface area (Å²) in [5.41, 5.74) is 1.46. The number of H-pyrrole nitrogens is 1. The van der Waals surface area contributed by atoms with Crippen LogP contribution >= 0.6 is 0 Å². The maximum absolute atomic E-state index is 14.8. The van der Waals surface area contributed by atoms with Crippen molar-refractivity contribution in [2.75, 3.05) is 36.5 Å². The molecule has 170 valence electrons. The second-order valence-corrected chi connectivity index (χ2v) is 8.38. The van der Waals surface area contributed by atoms with Crippen LogP contribution in [-0.2, 0) is 4.74 Å². The lowest BCUT2D eigenvalue weighted by atomic mass is 10.0. The second-order valence-electron chi connectivity index (χ2n) is 8.38. The number of nitrogens with zero attached hydrogens (tertiary/aromatic N) is 3. The topological polar surface area (TPSA) is 100 Å². The van der Waals surface area contributed by atoms with E-state index in [0.29, 0.717) is 54.8 Å². The van der Waals surface area contributed by atoms with Gasteiger partial charge >= 0.3 is 0 Å². The number of carbonyl (C=O) groups excluding carboxylic acids is 1. The van der Waals surface area contributed by atoms with Crippen LogP contribution < -0.4 is 15.8 Å². The van der Waals surface area contributed by atoms with Crippen LogP contribution in [0.2, 0.25) is 0 Å². The first-order chi connectivity index (χ1) is 16.0. The van der Waals surface area contributed by atoms with Gasteiger partial charge in [0.2, 0.25) is 0 Å². The molecular formula is C24H24FN5O3. The van der Waals surface area contributed by atoms with Gasteiger partial charge in [-0.25, -0.2) is 14.4 Å². The third-order valence-corrected chi connectivity index (χ3v) is 5.92. The Morgan fingerprint density at radius 1 is 1.18 bits per heavy atom. The number of carbonyl (C=O) groups is 1. The molecule has 0 atom stereocenters. The molecule has 5 rings (SSSR count). The van der Waals surface area contributed by atoms with Crippen molar-refractivity contribution in [3.8, 4) is 11.1 Å². The standard InChI is InChI=1S/C24H24FN5O3/c1-14-2-5-19(25)17(12-14)16-6-7-26-22(30-8-10-33-11-9-30)20(16)28-23(31)18-13-27-21(15-3-4-15)29-24(18)32/h2,5-7,12-13,15H,3-4,8-11H2,1H3,(H,28,31)(H,27,29,32). The fourth-order valence-corrected chi connectivity index (χ4v) is 3.97. The Balaban J connectivity index is 1.57. The molecule has 2 aliphatic rings. The van der Waals surface area contributed by atoms with Crippen LogP contribution in [-0.4, -0.2) is 47.2 Å². The number of nitrogens with one attached hydrogen (secondary N) is 2. The fourth-order valence-electron chi connectivity index (χ4n) is 3.97. The summed E-state index contributed by atoms with van der Waals surface area (Å²) in [7, 11) is 0. The van der Waals surface area contributed by atoms with E-state index in [2.05, 4.69) is 20.3 Å². The van der Waals surface area contributed by atoms with Crippen LogP contribution in [0.1, 0.15) is 40.5 Å². The highest BCUT2D eigenvalue weighted by atomic mass is 19.1. The molecule has 1 aliphatic heterocycles. The molecule has 8 nitrogen and oxygen atoms in total. The van der Waals surface area contributed by atoms with Gasteiger partial charge in [-0.3, -0.25) is 9.59 Å². The van der Waals surface area contributed by atoms with Crippen molar-refractivity contribution in [3.63, 3.8) is 0 Å². The molecule has 33 heavy (non-hydrogen) atoms. The minimum Gasteiger partial charge on any atom is -0.378 e. The summed E-state index contributed by atoms with van der Waals surface area (Å²) in [6.07, 6.45) is 4.87. The molecule has 0 spiro atoms. The molecule has 2 aromatic heterocycles. The second kappa shape index (κ2) is 8.74. The number of aryl methyl sites for hydroxylation is 1. The van der Waals surface area contributed by atoms with Gasteiger partial charge in [0.1, 0.15) is 17.2 Å². The van der Waals surface area contributed by atoms with Crippen LogP contribution in [0.25, 0.3) is 11.1 Å². The number of hydrogen-bond acceptors (Lipinski definition) is 6. The van der Waals surface area contributed by atoms with E-state index in [9.17, 15) is 14.0 Å². The third-order valence-electron chi connectivity index (χ3n) is 5.92. The van der Waals surface area contributed by atoms with E-state index in [1.807, 2.05) is 11.8 Å². The minimum atomic E-state index is -0.622. The number of aromatic amines is 1. The number of hydrogen-bond donors (Lipinski definition) is 2. The average molecular weight is 449 g/mol. The third kappa shape index (κ3) is 4.36. The molecule has 0 radical (unpaired) electrons. The summed E-state index contributed by atoms with van der Waals surface area (Å²) in [6, 6.07) is 6.47. The van der Waals surface area contributed by atoms with Gasteiger partial charge in [0.15, 0.2) is 5.82 Å². The van der Waals surface area contributed by atoms with Gasteiger partial charge < -0.3 is 19.9 Å². The Morgan fingerprint density at radius 2 is 1.97 bits per heavy atom. The van der Waals surface area contributed by atoms with Crippen molar-refractivity contribution in [1.29, 1.82) is 0 Å². The maximum atomic E-state index is 14.8. The highest BCUT2D eigenvalue weighted by Gasteiger charge is 2.28. The molecule has 1 amide bonds. The van der Waals surface area contributed by atoms with Crippen molar-refractivity contribution >= 4 is 17.4 Å². The summed E-state index contributed by atoms with van der Waals surface area (Å²) < 4.78 is 20.3. The molecule has 3 aromatic rings. The predicted octanol–water partition coefficient (Wildman–Crippen LogP) is 3.25. The van der Waals surface area contributed by atoms with Crippen molar-refractivity contribution in [1.82, 2.24) is 15.0 Å². The molecule has 2 fully saturated rings. The monoisotopic (exact) mass is 449 g/mol. The summed E-state index contributed by atoms with van der Waals surface area (Å²) in [4.78, 5) is 39.2. The number of rotatable bonds is 5. The number of anilines is 2. The quantitative estimate of drug-likeness (QED) is 0.620. The Morgan fingerprint density at radius 3 is 2.70 bits per heavy atom. The molecule has 1 aromatic carbocycles. The molecular weight excluding hydrogens is 425 g/mol. The van der Waals surface area contributed by atoms with Gasteiger partial charge in [-0.1, -0.05) is 11.6 Å². The Hall–Kier alpha value is -3.59. The number of amides is 1. The zero-order chi connectivity index (χ0) is 22.9. The Labute approximate surface area is 189 Å². The van der Waals surface area contributed by atoms with Crippen LogP contribution in [0.3, 0.4) is 0 Å². The smallest absolute Gasteiger partial charge is 0.263 e. The highest BCUT2D eigenvalue weighted by Crippen LogP contribution is 2.38. The van der Waals surface area contributed by atoms with Gasteiger partial charge in [0.05, 0.1) is 18.9 Å². The van der Waals surface area contributed by atoms with Crippen molar-refractivity contribution in [3.05, 3.63) is 69.8 Å². The lowest BCUT2D eigenvalue weighted by Gasteiger charge is -2.30. The van der Waals surface area contributed by atoms with Gasteiger partial charge in [-0.15, -0.1) is 0 Å². The molecule has 0 bridgehead atoms. The fraction of sp³-hybridized carbons (Fsp3) is 0.333. The Bertz CT molecular complexity index is 1270. The number of ether oxygens (including phenoxy) is 1. The largest absolute Gasteiger partial charge is 0.378 e. The lowest BCUT2D eigenvalue weighted by Crippen LogP contribution is -2.37. The van der Waals surface area contributed by atoms with Crippen molar-refractivity contribution in [2.45, 2.75) is 25.7 Å². The van der Waals surface area contributed by atoms with Crippen molar-refractivity contribution in [2.24, 2.45) is 0 Å². The summed E-state index contributed by atoms with van der Waals surface area (Å²) in [6.45, 7) is 4.06. The molecule has 1 saturated carbocycles. The number of halogens is 1. The molecule has 1 saturated heterocycles. The van der Waals surface area contributed by atoms with Crippen LogP contribution in [0.4, 0.5) is 15.9 Å². The van der Waals surface area contributed by atoms with E-state index in [-0.39, 0.29) is 11.5 Å². The van der Waals surface area contributed by atoms with Crippen LogP contribution in [0, 0.1) is 12.7 Å². The first-order valence-corrected chi connectivity index (χ1v) is 11.0. The zero-order valence-corrected chi connectivity index (χ0v) is 18.2. The van der Waals surface area contributed by atoms with E-state index in [0.717, 1.165) is 18.4 Å². The molecule has 3 heterocycles. The first-order valence-electron chi connectivity index (χ1n) is 11.0. The molecule has 1 aliphatic carbocycles. The number of benzene rings is 1. The summed E-state index contributed by atoms with van der Waals surface area (Å²) in [5, 5.41) is 2.83. The van der Waals surface area contributed by atoms with Gasteiger partial charge in [0, 0.05) is 42.5 Å². The summed E-state index contributed by atoms with van der Waals surface area (Å²) in [5.74, 6) is 0.335. The molecule has 2 N–H and O–H groups in total. The van der Waals surface area contributed by atoms with E-state index >= 15 is 0 Å². The number of pyridine rings is 1. The van der Waals surface area contributed by atoms with Gasteiger partial charge in [-0.2, -0.15) is 0 Å². The minimum absolute atomic E-state index is 0.105. The number of morpholine rings is 1. The maximum Gasteiger partial charge on any atom is 0.263 e. The first kappa shape index (κ1) is 21.3. The molecule has 9 heteroatoms. The van der Waals surface area contributed by atoms with Gasteiger partial charge in [0.25, 0.3) is 11.5 Å². The zero-order valence-electron chi connectivity index (χ0n) is 18.2. The van der Waals surface area contributed by atoms with Crippen LogP contribution in [0.15, 0.2) is 41.5 Å².